The highest BCUT2D eigenvalue weighted by atomic mass is 35.5. The van der Waals surface area contributed by atoms with Crippen molar-refractivity contribution in [3.63, 3.8) is 0 Å². The summed E-state index contributed by atoms with van der Waals surface area (Å²) in [7, 11) is 8.05. The fourth-order valence-corrected chi connectivity index (χ4v) is 14.5. The summed E-state index contributed by atoms with van der Waals surface area (Å²) in [6.45, 7) is 17.2. The Balaban J connectivity index is 0.448. The summed E-state index contributed by atoms with van der Waals surface area (Å²) >= 11 is 7.99. The molecule has 9 amide bonds. The molecule has 3 aliphatic rings. The Kier molecular flexibility index (Phi) is 30.8. The topological polar surface area (TPSA) is 421 Å². The molecule has 1 atom stereocenters. The molecule has 0 saturated carbocycles. The van der Waals surface area contributed by atoms with Crippen LogP contribution >= 0.6 is 22.9 Å². The third-order valence-electron chi connectivity index (χ3n) is 19.4. The highest BCUT2D eigenvalue weighted by Gasteiger charge is 2.37. The average Bonchev–Trinajstić information content (AvgIpc) is 1.59. The molecule has 622 valence electrons. The second-order valence-electron chi connectivity index (χ2n) is 27.9. The van der Waals surface area contributed by atoms with Crippen LogP contribution in [0, 0.1) is 20.8 Å². The van der Waals surface area contributed by atoms with Crippen molar-refractivity contribution in [2.75, 3.05) is 173 Å². The average molecular weight is 1640 g/mol. The lowest BCUT2D eigenvalue weighted by Crippen LogP contribution is -2.63. The van der Waals surface area contributed by atoms with Crippen molar-refractivity contribution < 1.29 is 71.6 Å². The van der Waals surface area contributed by atoms with Gasteiger partial charge in [0.05, 0.1) is 103 Å². The molecule has 10 heterocycles. The fraction of sp³-hybridized carbons (Fsp3) is 0.487. The Hall–Kier alpha value is -10.9. The first kappa shape index (κ1) is 86.0. The number of halogens is 1. The van der Waals surface area contributed by atoms with E-state index >= 15 is 0 Å². The van der Waals surface area contributed by atoms with Gasteiger partial charge >= 0.3 is 0 Å². The number of hydrogen-bond acceptors (Lipinski definition) is 24. The number of rotatable bonds is 43. The van der Waals surface area contributed by atoms with Crippen molar-refractivity contribution in [2.24, 2.45) is 40.2 Å². The minimum absolute atomic E-state index is 0.000559. The van der Waals surface area contributed by atoms with Gasteiger partial charge in [-0.05, 0) is 50.6 Å². The molecule has 8 N–H and O–H groups in total. The Morgan fingerprint density at radius 2 is 1.03 bits per heavy atom. The largest absolute Gasteiger partial charge is 0.378 e. The number of nitrogens with one attached hydrogen (secondary N) is 8. The van der Waals surface area contributed by atoms with Gasteiger partial charge < -0.3 is 98.7 Å². The van der Waals surface area contributed by atoms with Gasteiger partial charge in [0.25, 0.3) is 29.5 Å². The maximum absolute atomic E-state index is 14.0. The molecule has 0 aliphatic carbocycles. The number of likely N-dealkylation sites (tertiary alicyclic amines) is 1. The van der Waals surface area contributed by atoms with Crippen LogP contribution in [-0.2, 0) is 82.8 Å². The van der Waals surface area contributed by atoms with E-state index in [1.54, 1.807) is 63.5 Å². The van der Waals surface area contributed by atoms with E-state index in [1.807, 2.05) is 36.1 Å². The summed E-state index contributed by atoms with van der Waals surface area (Å²) in [6, 6.07) is 10.6. The number of nitrogens with zero attached hydrogens (tertiary/aromatic N) is 15. The van der Waals surface area contributed by atoms with Gasteiger partial charge in [0.1, 0.15) is 28.3 Å². The molecule has 11 rings (SSSR count). The van der Waals surface area contributed by atoms with Crippen molar-refractivity contribution in [3.05, 3.63) is 141 Å². The number of aryl methyl sites for hydroxylation is 7. The molecule has 116 heavy (non-hydrogen) atoms. The molecule has 2 saturated heterocycles. The number of carbonyl (C=O) groups is 9. The molecule has 40 heteroatoms. The monoisotopic (exact) mass is 1640 g/mol. The highest BCUT2D eigenvalue weighted by molar-refractivity contribution is 7.15. The zero-order valence-electron chi connectivity index (χ0n) is 66.3. The molecule has 2 fully saturated rings. The number of carbonyl (C=O) groups excluding carboxylic acids is 9. The number of hydrogen-bond donors (Lipinski definition) is 8. The molecule has 1 aromatic carbocycles. The second-order valence-corrected chi connectivity index (χ2v) is 29.6. The van der Waals surface area contributed by atoms with E-state index in [-0.39, 0.29) is 116 Å². The SMILES string of the molecule is Cc1sc2c(c1C)C(c1ccc(Cl)cc1)=N[C@@H](CC(=O)N1CCN(C3CN(CCOCCOCCOCCOCCOCCOCCNC(=O)CCNC(=O)c4nc(NC(=O)CCNC(=O)c5cc(NC(=O)c6nc(NC(=O)CCNC(=O)c7cc(NC(=O)c8nccn8C)cn7C)cn6C)cn5C)cn4C)C3)CC1)c1nnc(C)n1-2. The van der Waals surface area contributed by atoms with Gasteiger partial charge in [-0.25, -0.2) is 15.0 Å². The van der Waals surface area contributed by atoms with Gasteiger partial charge in [-0.15, -0.1) is 21.5 Å². The lowest BCUT2D eigenvalue weighted by molar-refractivity contribution is -0.134. The Labute approximate surface area is 678 Å². The first-order chi connectivity index (χ1) is 55.9. The highest BCUT2D eigenvalue weighted by Crippen LogP contribution is 2.40. The number of ether oxygens (including phenoxy) is 6. The van der Waals surface area contributed by atoms with Crippen molar-refractivity contribution >= 4 is 105 Å². The van der Waals surface area contributed by atoms with Crippen molar-refractivity contribution in [1.82, 2.24) is 88.5 Å². The number of anilines is 4. The summed E-state index contributed by atoms with van der Waals surface area (Å²) in [6.07, 6.45) is 9.04. The Morgan fingerprint density at radius 1 is 0.526 bits per heavy atom. The van der Waals surface area contributed by atoms with Gasteiger partial charge in [-0.3, -0.25) is 62.5 Å². The Bertz CT molecular complexity index is 4790. The predicted molar refractivity (Wildman–Crippen MR) is 429 cm³/mol. The molecule has 8 aromatic rings. The van der Waals surface area contributed by atoms with Gasteiger partial charge in [0.2, 0.25) is 35.3 Å². The number of fused-ring (bicyclic) bond motifs is 3. The van der Waals surface area contributed by atoms with Crippen LogP contribution in [0.3, 0.4) is 0 Å². The summed E-state index contributed by atoms with van der Waals surface area (Å²) in [5, 5.41) is 32.1. The van der Waals surface area contributed by atoms with Crippen LogP contribution in [0.15, 0.2) is 78.6 Å². The first-order valence-electron chi connectivity index (χ1n) is 38.2. The van der Waals surface area contributed by atoms with Crippen LogP contribution in [-0.4, -0.2) is 283 Å². The summed E-state index contributed by atoms with van der Waals surface area (Å²) in [5.74, 6) is -2.09. The van der Waals surface area contributed by atoms with E-state index in [0.717, 1.165) is 66.0 Å². The predicted octanol–water partition coefficient (Wildman–Crippen LogP) is 2.95. The number of aliphatic imine (C=N–C) groups is 1. The molecule has 3 aliphatic heterocycles. The third kappa shape index (κ3) is 23.5. The zero-order chi connectivity index (χ0) is 82.4. The van der Waals surface area contributed by atoms with Gasteiger partial charge in [-0.2, -0.15) is 0 Å². The number of piperazine rings is 1. The van der Waals surface area contributed by atoms with Gasteiger partial charge in [-0.1, -0.05) is 23.7 Å². The smallest absolute Gasteiger partial charge is 0.291 e. The van der Waals surface area contributed by atoms with Gasteiger partial charge in [0, 0.05) is 191 Å². The maximum Gasteiger partial charge on any atom is 0.291 e. The van der Waals surface area contributed by atoms with Crippen LogP contribution in [0.5, 0.6) is 0 Å². The minimum Gasteiger partial charge on any atom is -0.378 e. The lowest BCUT2D eigenvalue weighted by Gasteiger charge is -2.48. The molecular formula is C76H100ClN23O15S. The molecule has 0 radical (unpaired) electrons. The van der Waals surface area contributed by atoms with Crippen molar-refractivity contribution in [2.45, 2.75) is 58.5 Å². The zero-order valence-corrected chi connectivity index (χ0v) is 67.9. The number of thiophene rings is 1. The molecule has 0 bridgehead atoms. The molecule has 7 aromatic heterocycles. The van der Waals surface area contributed by atoms with Crippen LogP contribution in [0.25, 0.3) is 5.00 Å². The second kappa shape index (κ2) is 41.6. The van der Waals surface area contributed by atoms with E-state index in [2.05, 4.69) is 95.9 Å². The summed E-state index contributed by atoms with van der Waals surface area (Å²) < 4.78 is 43.3. The van der Waals surface area contributed by atoms with Crippen molar-refractivity contribution in [1.29, 1.82) is 0 Å². The number of benzene rings is 1. The van der Waals surface area contributed by atoms with Crippen LogP contribution in [0.1, 0.15) is 118 Å². The van der Waals surface area contributed by atoms with E-state index in [0.29, 0.717) is 108 Å². The van der Waals surface area contributed by atoms with E-state index in [1.165, 1.54) is 60.1 Å². The normalized spacial score (nSPS) is 14.3. The van der Waals surface area contributed by atoms with Crippen molar-refractivity contribution in [3.8, 4) is 5.00 Å². The van der Waals surface area contributed by atoms with E-state index in [9.17, 15) is 43.2 Å². The maximum atomic E-state index is 14.0. The van der Waals surface area contributed by atoms with E-state index in [4.69, 9.17) is 45.0 Å². The standard InChI is InChI=1S/C76H100ClN23O15S/c1-48-49(2)116-76-65(48)66(51-9-11-52(77)12-10-51)85-56(67-91-90-50(3)100(67)76)41-64(104)99-24-22-98(23-25-99)55-44-97(45-55)26-28-111-30-32-113-34-36-115-38-37-114-35-33-112-31-29-110-27-20-78-61(101)13-16-82-73(107)69-88-59(46-95(69)7)86-62(102)14-17-81-72(106)58-40-54(43-94(58)6)84-75(109)70-89-60(47-96(70)8)87-63(103)15-18-80-71(105)57-39-53(42-93(57)5)83-74(108)68-79-19-21-92(68)4/h9-12,19,21,39-40,42-43,46-47,55-56H,13-18,20,22-38,41,44-45H2,1-8H3,(H,78,101)(H,80,105)(H,81,106)(H,82,107)(H,83,108)(H,84,109)(H,86,102)(H,87,103)/t56-/m0/s1. The number of imidazole rings is 3. The fourth-order valence-electron chi connectivity index (χ4n) is 13.2. The molecule has 0 unspecified atom stereocenters. The van der Waals surface area contributed by atoms with Crippen LogP contribution in [0.4, 0.5) is 23.0 Å². The summed E-state index contributed by atoms with van der Waals surface area (Å²) in [4.78, 5) is 143. The lowest BCUT2D eigenvalue weighted by atomic mass is 9.99. The van der Waals surface area contributed by atoms with Gasteiger partial charge in [0.15, 0.2) is 23.3 Å². The van der Waals surface area contributed by atoms with Crippen LogP contribution < -0.4 is 42.5 Å². The van der Waals surface area contributed by atoms with Crippen LogP contribution in [0.2, 0.25) is 5.02 Å². The summed E-state index contributed by atoms with van der Waals surface area (Å²) in [5.41, 5.74) is 5.05. The number of amides is 9. The van der Waals surface area contributed by atoms with E-state index < -0.39 is 47.4 Å². The third-order valence-corrected chi connectivity index (χ3v) is 20.9. The minimum atomic E-state index is -0.638. The molecule has 0 spiro atoms. The first-order valence-corrected chi connectivity index (χ1v) is 39.4. The molecular weight excluding hydrogens is 1540 g/mol. The quantitative estimate of drug-likeness (QED) is 0.0255. The molecule has 38 nitrogen and oxygen atoms in total. The number of aromatic nitrogens is 11. The Morgan fingerprint density at radius 3 is 1.56 bits per heavy atom.